The van der Waals surface area contributed by atoms with Crippen LogP contribution in [0.15, 0.2) is 0 Å². The van der Waals surface area contributed by atoms with Gasteiger partial charge in [0.05, 0.1) is 38.4 Å². The van der Waals surface area contributed by atoms with Gasteiger partial charge in [-0.25, -0.2) is 28.8 Å². The van der Waals surface area contributed by atoms with Crippen molar-refractivity contribution in [2.24, 2.45) is 16.2 Å². The van der Waals surface area contributed by atoms with E-state index in [1.165, 1.54) is 15.2 Å². The van der Waals surface area contributed by atoms with Crippen molar-refractivity contribution in [2.75, 3.05) is 59.5 Å². The summed E-state index contributed by atoms with van der Waals surface area (Å²) in [6, 6.07) is 0. The first-order valence-electron chi connectivity index (χ1n) is 43.4. The molecule has 0 radical (unpaired) electrons. The van der Waals surface area contributed by atoms with Crippen molar-refractivity contribution in [3.63, 3.8) is 0 Å². The monoisotopic (exact) mass is 1720 g/mol. The van der Waals surface area contributed by atoms with Gasteiger partial charge in [0.2, 0.25) is 0 Å². The normalized spacial score (nSPS) is 26.8. The summed E-state index contributed by atoms with van der Waals surface area (Å²) in [5.41, 5.74) is -12.9. The number of hydrogen-bond acceptors (Lipinski definition) is 33. The lowest BCUT2D eigenvalue weighted by atomic mass is 9.82. The number of ketones is 1. The molecular weight excluding hydrogens is 1560 g/mol. The molecule has 0 spiro atoms. The van der Waals surface area contributed by atoms with E-state index in [0.717, 1.165) is 45.9 Å². The molecule has 7 rings (SSSR count). The average Bonchev–Trinajstić information content (AvgIpc) is 1.70. The van der Waals surface area contributed by atoms with E-state index in [1.54, 1.807) is 96.9 Å². The quantitative estimate of drug-likeness (QED) is 0.0391. The minimum Gasteiger partial charge on any atom is -0.463 e. The van der Waals surface area contributed by atoms with Crippen molar-refractivity contribution < 1.29 is 127 Å². The summed E-state index contributed by atoms with van der Waals surface area (Å²) in [7, 11) is 0. The van der Waals surface area contributed by atoms with Gasteiger partial charge in [-0.3, -0.25) is 19.2 Å². The second-order valence-electron chi connectivity index (χ2n) is 38.7. The molecule has 700 valence electrons. The fourth-order valence-electron chi connectivity index (χ4n) is 15.6. The number of carbonyl (C=O) groups excluding carboxylic acids is 10. The van der Waals surface area contributed by atoms with Crippen LogP contribution in [0.3, 0.4) is 0 Å². The molecule has 0 aliphatic carbocycles. The van der Waals surface area contributed by atoms with Gasteiger partial charge in [-0.15, -0.1) is 0 Å². The van der Waals surface area contributed by atoms with Gasteiger partial charge in [0.15, 0.2) is 5.78 Å². The summed E-state index contributed by atoms with van der Waals surface area (Å²) in [4.78, 5) is 118. The molecule has 33 nitrogen and oxygen atoms in total. The molecule has 0 aromatic heterocycles. The van der Waals surface area contributed by atoms with Crippen molar-refractivity contribution in [1.29, 1.82) is 0 Å². The topological polar surface area (TPSA) is 418 Å². The summed E-state index contributed by atoms with van der Waals surface area (Å²) in [5.74, 6) is -3.18. The summed E-state index contributed by atoms with van der Waals surface area (Å²) in [6.45, 7) is 62.8. The number of carbonyl (C=O) groups is 10. The Kier molecular flexibility index (Phi) is 40.3. The van der Waals surface area contributed by atoms with E-state index in [9.17, 15) is 84.4 Å². The Balaban J connectivity index is 0.000000705. The summed E-state index contributed by atoms with van der Waals surface area (Å²) < 4.78 is 47.0. The van der Waals surface area contributed by atoms with Crippen molar-refractivity contribution in [3.8, 4) is 0 Å². The first-order valence-corrected chi connectivity index (χ1v) is 43.4. The Bertz CT molecular complexity index is 3390. The maximum absolute atomic E-state index is 12.2. The first-order chi connectivity index (χ1) is 54.8. The third kappa shape index (κ3) is 23.1. The van der Waals surface area contributed by atoms with Crippen LogP contribution in [0.4, 0.5) is 0 Å². The van der Waals surface area contributed by atoms with E-state index in [1.807, 2.05) is 138 Å². The lowest BCUT2D eigenvalue weighted by molar-refractivity contribution is -0.290. The van der Waals surface area contributed by atoms with Crippen molar-refractivity contribution in [2.45, 2.75) is 422 Å². The summed E-state index contributed by atoms with van der Waals surface area (Å²) in [6.07, 6.45) is 10.1. The molecule has 0 aromatic rings. The molecule has 7 saturated heterocycles. The molecule has 4 unspecified atom stereocenters. The Morgan fingerprint density at radius 3 is 0.842 bits per heavy atom. The lowest BCUT2D eigenvalue weighted by Crippen LogP contribution is -2.70. The van der Waals surface area contributed by atoms with Gasteiger partial charge < -0.3 is 79.1 Å². The van der Waals surface area contributed by atoms with Gasteiger partial charge in [-0.1, -0.05) is 111 Å². The van der Waals surface area contributed by atoms with E-state index in [-0.39, 0.29) is 107 Å². The smallest absolute Gasteiger partial charge is 0.328 e. The molecule has 0 amide bonds. The van der Waals surface area contributed by atoms with Gasteiger partial charge in [-0.05, 0) is 227 Å². The molecular formula is C87H161N7O26. The number of hydroxylamine groups is 14. The van der Waals surface area contributed by atoms with Gasteiger partial charge >= 0.3 is 53.7 Å². The van der Waals surface area contributed by atoms with E-state index in [4.69, 9.17) is 42.6 Å². The molecule has 0 aromatic carbocycles. The third-order valence-corrected chi connectivity index (χ3v) is 26.3. The van der Waals surface area contributed by atoms with Crippen LogP contribution >= 0.6 is 0 Å². The third-order valence-electron chi connectivity index (χ3n) is 26.3. The van der Waals surface area contributed by atoms with Crippen LogP contribution in [0.2, 0.25) is 0 Å². The van der Waals surface area contributed by atoms with E-state index < -0.39 is 106 Å². The Labute approximate surface area is 716 Å². The van der Waals surface area contributed by atoms with Crippen LogP contribution in [-0.4, -0.2) is 268 Å². The standard InChI is InChI=1S/C16H29NO5.C15H27NO5.C13H23NO5.C12H23NO3.C12H23NO2.C10H19NO3.C9H17NO3/c1-7-15(10-21-12(18)14(4,5)6)11-22-13(19)16(8-2,9-3)17(15)20;1-7-15(8-2)12(18)21-10-14(6,16(15)19)9-20-11(17)13(3,4)5;1-11(2,3)9(15)18-7-13(6)8-19-10(16)12(4,5)14(13)17;1-5-11(6-2)9-16-10(14)12(7-3,8-4)13(11)15;1-5-11(6-2)9-10(14)12(7-3,8-4)13(11)15;1-5-10(6-2)8(12)14-7-9(3,4)11(10)13;1-5-9(4)7(11)13-6-8(2,3)10(9)12/h20H,7-11H2,1-6H3;19H,7-10H2,1-6H3;17H,7-8H2,1-6H3;15H,5-9H2,1-4H3;15H,5-9H2,1-4H3;13H,5-7H2,1-4H3;12H,5-6H2,1-4H3. The molecule has 7 fully saturated rings. The SMILES string of the molecule is CC(C)(C)C(=O)OCC1(C)COC(=O)C(C)(C)N1O.CCC1(C)C(=O)OCC(C)(C)N1O.CCC1(CC)C(=O)OCC(C)(C)N1O.CCC1(CC)C(=O)OCC(C)(COC(=O)C(C)(C)C)N1O.CCC1(CC)CC(=O)C(CC)(CC)N1O.CCC1(CC)COC(=O)C(CC)(CC)N1O.CCC1(COC(=O)C(C)(C)C)COC(=O)C(CC)(CC)N1O. The van der Waals surface area contributed by atoms with Crippen molar-refractivity contribution in [1.82, 2.24) is 35.4 Å². The molecule has 120 heavy (non-hydrogen) atoms. The number of cyclic esters (lactones) is 6. The second kappa shape index (κ2) is 43.0. The predicted octanol–water partition coefficient (Wildman–Crippen LogP) is 13.9. The van der Waals surface area contributed by atoms with E-state index >= 15 is 0 Å². The molecule has 0 bridgehead atoms. The zero-order valence-electron chi connectivity index (χ0n) is 79.9. The van der Waals surface area contributed by atoms with Crippen LogP contribution < -0.4 is 0 Å². The molecule has 33 heteroatoms. The summed E-state index contributed by atoms with van der Waals surface area (Å²) >= 11 is 0. The highest BCUT2D eigenvalue weighted by atomic mass is 16.6. The Hall–Kier alpha value is -5.66. The number of nitrogens with zero attached hydrogens (tertiary/aromatic N) is 7. The Morgan fingerprint density at radius 1 is 0.292 bits per heavy atom. The Morgan fingerprint density at radius 2 is 0.550 bits per heavy atom. The number of morpholine rings is 6. The lowest BCUT2D eigenvalue weighted by Gasteiger charge is -2.51. The number of hydrogen-bond donors (Lipinski definition) is 7. The highest BCUT2D eigenvalue weighted by molar-refractivity contribution is 5.92. The minimum atomic E-state index is -1.17. The van der Waals surface area contributed by atoms with Crippen molar-refractivity contribution in [3.05, 3.63) is 0 Å². The fourth-order valence-corrected chi connectivity index (χ4v) is 15.6. The second-order valence-corrected chi connectivity index (χ2v) is 38.7. The number of ether oxygens (including phenoxy) is 9. The molecule has 7 aliphatic rings. The highest BCUT2D eigenvalue weighted by Crippen LogP contribution is 2.46. The zero-order chi connectivity index (χ0) is 94.1. The van der Waals surface area contributed by atoms with Gasteiger partial charge in [0, 0.05) is 6.42 Å². The summed E-state index contributed by atoms with van der Waals surface area (Å²) in [5, 5.41) is 80.2. The number of rotatable bonds is 22. The maximum atomic E-state index is 12.2. The van der Waals surface area contributed by atoms with Crippen LogP contribution in [0, 0.1) is 16.2 Å². The average molecular weight is 1720 g/mol. The highest BCUT2D eigenvalue weighted by Gasteiger charge is 2.62. The maximum Gasteiger partial charge on any atom is 0.328 e. The van der Waals surface area contributed by atoms with Gasteiger partial charge in [-0.2, -0.15) is 35.4 Å². The predicted molar refractivity (Wildman–Crippen MR) is 446 cm³/mol. The molecule has 7 N–H and O–H groups in total. The van der Waals surface area contributed by atoms with Gasteiger partial charge in [0.25, 0.3) is 0 Å². The molecule has 0 saturated carbocycles. The van der Waals surface area contributed by atoms with E-state index in [2.05, 4.69) is 0 Å². The minimum absolute atomic E-state index is 0.00880. The van der Waals surface area contributed by atoms with Crippen LogP contribution in [0.5, 0.6) is 0 Å². The largest absolute Gasteiger partial charge is 0.463 e. The van der Waals surface area contributed by atoms with Gasteiger partial charge in [0.1, 0.15) is 115 Å². The molecule has 4 atom stereocenters. The first kappa shape index (κ1) is 112. The van der Waals surface area contributed by atoms with Crippen LogP contribution in [0.1, 0.15) is 345 Å². The number of Topliss-reactive ketones (excluding diaryl/α,β-unsaturated/α-hetero) is 1. The van der Waals surface area contributed by atoms with Crippen molar-refractivity contribution >= 4 is 59.5 Å². The number of esters is 9. The molecule has 7 heterocycles. The van der Waals surface area contributed by atoms with Crippen LogP contribution in [-0.2, 0) is 90.6 Å². The fraction of sp³-hybridized carbons (Fsp3) is 0.885. The van der Waals surface area contributed by atoms with E-state index in [0.29, 0.717) is 83.5 Å². The zero-order valence-corrected chi connectivity index (χ0v) is 79.9. The molecule has 7 aliphatic heterocycles. The van der Waals surface area contributed by atoms with Crippen LogP contribution in [0.25, 0.3) is 0 Å².